The molecule has 1 aromatic rings. The van der Waals surface area contributed by atoms with E-state index in [0.29, 0.717) is 16.8 Å². The topological polar surface area (TPSA) is 72.9 Å². The van der Waals surface area contributed by atoms with E-state index in [4.69, 9.17) is 4.74 Å². The minimum atomic E-state index is -3.84. The molecule has 0 N–H and O–H groups in total. The molecule has 1 atom stereocenters. The van der Waals surface area contributed by atoms with Gasteiger partial charge in [-0.05, 0) is 24.3 Å². The van der Waals surface area contributed by atoms with Gasteiger partial charge in [-0.1, -0.05) is 31.9 Å². The highest BCUT2D eigenvalue weighted by atomic mass is 79.9. The van der Waals surface area contributed by atoms with Gasteiger partial charge in [-0.2, -0.15) is 0 Å². The molecule has 0 aromatic heterocycles. The summed E-state index contributed by atoms with van der Waals surface area (Å²) in [7, 11) is -1.16. The monoisotopic (exact) mass is 457 g/mol. The average Bonchev–Trinajstić information content (AvgIpc) is 2.51. The number of hydrogen-bond acceptors (Lipinski definition) is 5. The number of sulfonamides is 1. The summed E-state index contributed by atoms with van der Waals surface area (Å²) in [6, 6.07) is 6.57. The Morgan fingerprint density at radius 3 is 2.32 bits per heavy atom. The number of carbonyl (C=O) groups excluding carboxylic acids is 1. The summed E-state index contributed by atoms with van der Waals surface area (Å²) < 4.78 is 35.6. The van der Waals surface area contributed by atoms with Crippen molar-refractivity contribution in [3.8, 4) is 5.75 Å². The molecule has 0 heterocycles. The molecule has 1 rings (SSSR count). The molecule has 0 aliphatic carbocycles. The molecule has 1 unspecified atom stereocenters. The molecule has 0 aliphatic heterocycles. The van der Waals surface area contributed by atoms with Gasteiger partial charge in [0.1, 0.15) is 5.75 Å². The van der Waals surface area contributed by atoms with Crippen LogP contribution < -0.4 is 9.04 Å². The number of alkyl halides is 2. The lowest BCUT2D eigenvalue weighted by molar-refractivity contribution is -0.137. The molecular formula is C13H17Br2NO5S. The number of benzene rings is 1. The number of carbonyl (C=O) groups is 1. The van der Waals surface area contributed by atoms with Crippen LogP contribution in [-0.2, 0) is 19.6 Å². The van der Waals surface area contributed by atoms with Gasteiger partial charge in [0, 0.05) is 16.7 Å². The molecule has 0 radical (unpaired) electrons. The lowest BCUT2D eigenvalue weighted by Crippen LogP contribution is -2.39. The van der Waals surface area contributed by atoms with Gasteiger partial charge >= 0.3 is 5.97 Å². The molecule has 0 spiro atoms. The van der Waals surface area contributed by atoms with Crippen molar-refractivity contribution in [3.63, 3.8) is 0 Å². The van der Waals surface area contributed by atoms with E-state index in [2.05, 4.69) is 36.6 Å². The van der Waals surface area contributed by atoms with Crippen molar-refractivity contribution in [2.75, 3.05) is 36.2 Å². The van der Waals surface area contributed by atoms with Crippen LogP contribution in [0.15, 0.2) is 24.3 Å². The first-order valence-corrected chi connectivity index (χ1v) is 9.90. The molecular weight excluding hydrogens is 442 g/mol. The van der Waals surface area contributed by atoms with Crippen LogP contribution in [0.3, 0.4) is 0 Å². The Kier molecular flexibility index (Phi) is 7.64. The van der Waals surface area contributed by atoms with E-state index < -0.39 is 21.7 Å². The van der Waals surface area contributed by atoms with Crippen LogP contribution in [0.1, 0.15) is 0 Å². The Morgan fingerprint density at radius 1 is 1.27 bits per heavy atom. The number of nitrogens with zero attached hydrogens (tertiary/aromatic N) is 1. The minimum Gasteiger partial charge on any atom is -0.497 e. The van der Waals surface area contributed by atoms with E-state index in [1.54, 1.807) is 24.3 Å². The quantitative estimate of drug-likeness (QED) is 0.441. The largest absolute Gasteiger partial charge is 0.497 e. The maximum absolute atomic E-state index is 12.5. The number of ether oxygens (including phenoxy) is 2. The fraction of sp³-hybridized carbons (Fsp3) is 0.462. The van der Waals surface area contributed by atoms with E-state index in [1.165, 1.54) is 11.4 Å². The zero-order valence-electron chi connectivity index (χ0n) is 12.2. The molecule has 9 heteroatoms. The summed E-state index contributed by atoms with van der Waals surface area (Å²) in [5.41, 5.74) is 0.454. The van der Waals surface area contributed by atoms with Gasteiger partial charge in [-0.25, -0.2) is 8.42 Å². The van der Waals surface area contributed by atoms with Crippen molar-refractivity contribution in [1.82, 2.24) is 0 Å². The van der Waals surface area contributed by atoms with Crippen LogP contribution in [0.4, 0.5) is 5.69 Å². The first kappa shape index (κ1) is 19.2. The van der Waals surface area contributed by atoms with E-state index >= 15 is 0 Å². The number of rotatable bonds is 8. The van der Waals surface area contributed by atoms with E-state index in [1.807, 2.05) is 0 Å². The van der Waals surface area contributed by atoms with Gasteiger partial charge < -0.3 is 9.47 Å². The summed E-state index contributed by atoms with van der Waals surface area (Å²) in [5.74, 6) is -0.897. The Labute approximate surface area is 147 Å². The number of hydrogen-bond donors (Lipinski definition) is 0. The highest BCUT2D eigenvalue weighted by Gasteiger charge is 2.28. The molecule has 0 saturated heterocycles. The maximum Gasteiger partial charge on any atom is 0.322 e. The van der Waals surface area contributed by atoms with Crippen molar-refractivity contribution in [2.24, 2.45) is 0 Å². The smallest absolute Gasteiger partial charge is 0.322 e. The summed E-state index contributed by atoms with van der Waals surface area (Å²) in [6.45, 7) is 0.177. The molecule has 22 heavy (non-hydrogen) atoms. The normalized spacial score (nSPS) is 12.5. The third kappa shape index (κ3) is 5.44. The number of methoxy groups -OCH3 is 2. The number of esters is 1. The zero-order chi connectivity index (χ0) is 16.8. The van der Waals surface area contributed by atoms with Gasteiger partial charge in [-0.3, -0.25) is 9.10 Å². The molecule has 124 valence electrons. The number of anilines is 1. The van der Waals surface area contributed by atoms with Gasteiger partial charge in [-0.15, -0.1) is 0 Å². The molecule has 0 saturated carbocycles. The predicted octanol–water partition coefficient (Wildman–Crippen LogP) is 2.16. The van der Waals surface area contributed by atoms with Crippen LogP contribution in [0.2, 0.25) is 0 Å². The highest BCUT2D eigenvalue weighted by molar-refractivity contribution is 9.12. The second kappa shape index (κ2) is 8.73. The standard InChI is InChI=1S/C13H17Br2NO5S/c1-20-12-5-3-11(4-6-12)16(8-10(15)7-14)22(18,19)9-13(17)21-2/h3-6,10H,7-9H2,1-2H3. The Balaban J connectivity index is 3.13. The van der Waals surface area contributed by atoms with Gasteiger partial charge in [0.15, 0.2) is 5.75 Å². The molecule has 0 bridgehead atoms. The molecule has 0 amide bonds. The summed E-state index contributed by atoms with van der Waals surface area (Å²) >= 11 is 6.67. The van der Waals surface area contributed by atoms with Gasteiger partial charge in [0.05, 0.1) is 19.9 Å². The van der Waals surface area contributed by atoms with Crippen LogP contribution in [-0.4, -0.2) is 51.1 Å². The second-order valence-electron chi connectivity index (χ2n) is 4.31. The van der Waals surface area contributed by atoms with Crippen molar-refractivity contribution in [1.29, 1.82) is 0 Å². The first-order valence-electron chi connectivity index (χ1n) is 6.25. The fourth-order valence-electron chi connectivity index (χ4n) is 1.64. The molecule has 1 aromatic carbocycles. The first-order chi connectivity index (χ1) is 10.3. The zero-order valence-corrected chi connectivity index (χ0v) is 16.1. The highest BCUT2D eigenvalue weighted by Crippen LogP contribution is 2.24. The predicted molar refractivity (Wildman–Crippen MR) is 92.7 cm³/mol. The van der Waals surface area contributed by atoms with Crippen LogP contribution in [0, 0.1) is 0 Å². The Morgan fingerprint density at radius 2 is 1.86 bits per heavy atom. The lowest BCUT2D eigenvalue weighted by Gasteiger charge is -2.25. The van der Waals surface area contributed by atoms with Crippen LogP contribution in [0.5, 0.6) is 5.75 Å². The SMILES string of the molecule is COC(=O)CS(=O)(=O)N(CC(Br)CBr)c1ccc(OC)cc1. The van der Waals surface area contributed by atoms with Crippen molar-refractivity contribution >= 4 is 53.5 Å². The van der Waals surface area contributed by atoms with Crippen molar-refractivity contribution in [3.05, 3.63) is 24.3 Å². The average molecular weight is 459 g/mol. The number of halogens is 2. The maximum atomic E-state index is 12.5. The lowest BCUT2D eigenvalue weighted by atomic mass is 10.3. The van der Waals surface area contributed by atoms with Crippen LogP contribution in [0.25, 0.3) is 0 Å². The molecule has 0 aliphatic rings. The van der Waals surface area contributed by atoms with E-state index in [9.17, 15) is 13.2 Å². The Hall–Kier alpha value is -0.800. The second-order valence-corrected chi connectivity index (χ2v) is 8.15. The van der Waals surface area contributed by atoms with Gasteiger partial charge in [0.25, 0.3) is 0 Å². The van der Waals surface area contributed by atoms with Crippen LogP contribution >= 0.6 is 31.9 Å². The fourth-order valence-corrected chi connectivity index (χ4v) is 3.75. The molecule has 0 fully saturated rings. The molecule has 6 nitrogen and oxygen atoms in total. The minimum absolute atomic E-state index is 0.109. The van der Waals surface area contributed by atoms with Crippen molar-refractivity contribution < 1.29 is 22.7 Å². The van der Waals surface area contributed by atoms with Gasteiger partial charge in [0.2, 0.25) is 10.0 Å². The third-order valence-corrected chi connectivity index (χ3v) is 6.65. The van der Waals surface area contributed by atoms with Crippen molar-refractivity contribution in [2.45, 2.75) is 4.83 Å². The van der Waals surface area contributed by atoms with E-state index in [0.717, 1.165) is 7.11 Å². The summed E-state index contributed by atoms with van der Waals surface area (Å²) in [6.07, 6.45) is 0. The van der Waals surface area contributed by atoms with E-state index in [-0.39, 0.29) is 11.4 Å². The summed E-state index contributed by atoms with van der Waals surface area (Å²) in [4.78, 5) is 11.2. The summed E-state index contributed by atoms with van der Waals surface area (Å²) in [5, 5.41) is 0.563. The third-order valence-electron chi connectivity index (χ3n) is 2.76. The Bertz CT molecular complexity index is 591.